The molecule has 2 nitrogen and oxygen atoms in total. The molecule has 0 fully saturated rings. The Morgan fingerprint density at radius 3 is 2.00 bits per heavy atom. The van der Waals surface area contributed by atoms with Crippen molar-refractivity contribution in [3.63, 3.8) is 0 Å². The average molecular weight is 291 g/mol. The topological polar surface area (TPSA) is 29.1 Å². The van der Waals surface area contributed by atoms with Gasteiger partial charge in [0.25, 0.3) is 5.91 Å². The van der Waals surface area contributed by atoms with Crippen molar-refractivity contribution in [1.29, 1.82) is 0 Å². The summed E-state index contributed by atoms with van der Waals surface area (Å²) in [4.78, 5) is 12.3. The SMILES string of the molecule is Cc1c(C)c(C)c(C=C2C(=O)Nc3ccccc32)c(C)c1C. The molecule has 0 aliphatic carbocycles. The maximum absolute atomic E-state index is 12.3. The van der Waals surface area contributed by atoms with Crippen LogP contribution in [0.3, 0.4) is 0 Å². The quantitative estimate of drug-likeness (QED) is 0.757. The van der Waals surface area contributed by atoms with Gasteiger partial charge in [-0.05, 0) is 80.1 Å². The highest BCUT2D eigenvalue weighted by Gasteiger charge is 2.24. The normalized spacial score (nSPS) is 15.1. The highest BCUT2D eigenvalue weighted by molar-refractivity contribution is 6.35. The zero-order valence-corrected chi connectivity index (χ0v) is 13.8. The van der Waals surface area contributed by atoms with Gasteiger partial charge in [0.1, 0.15) is 0 Å². The summed E-state index contributed by atoms with van der Waals surface area (Å²) in [5, 5.41) is 2.94. The fourth-order valence-corrected chi connectivity index (χ4v) is 3.17. The Morgan fingerprint density at radius 2 is 1.36 bits per heavy atom. The number of hydrogen-bond donors (Lipinski definition) is 1. The molecule has 0 atom stereocenters. The third kappa shape index (κ3) is 2.07. The maximum Gasteiger partial charge on any atom is 0.256 e. The molecule has 0 unspecified atom stereocenters. The van der Waals surface area contributed by atoms with Crippen molar-refractivity contribution < 1.29 is 4.79 Å². The predicted octanol–water partition coefficient (Wildman–Crippen LogP) is 4.72. The van der Waals surface area contributed by atoms with Crippen LogP contribution in [0.1, 0.15) is 38.9 Å². The summed E-state index contributed by atoms with van der Waals surface area (Å²) in [5.74, 6) is -0.0177. The molecule has 0 saturated heterocycles. The third-order valence-electron chi connectivity index (χ3n) is 5.06. The van der Waals surface area contributed by atoms with Gasteiger partial charge in [-0.1, -0.05) is 18.2 Å². The smallest absolute Gasteiger partial charge is 0.256 e. The lowest BCUT2D eigenvalue weighted by Gasteiger charge is -2.17. The zero-order chi connectivity index (χ0) is 16.0. The van der Waals surface area contributed by atoms with Gasteiger partial charge in [-0.15, -0.1) is 0 Å². The van der Waals surface area contributed by atoms with Crippen LogP contribution in [0, 0.1) is 34.6 Å². The second-order valence-corrected chi connectivity index (χ2v) is 6.10. The fraction of sp³-hybridized carbons (Fsp3) is 0.250. The molecule has 1 heterocycles. The molecule has 2 aromatic carbocycles. The van der Waals surface area contributed by atoms with Crippen molar-refractivity contribution >= 4 is 23.2 Å². The average Bonchev–Trinajstić information content (AvgIpc) is 2.83. The Bertz CT molecular complexity index is 799. The van der Waals surface area contributed by atoms with Crippen LogP contribution < -0.4 is 5.32 Å². The van der Waals surface area contributed by atoms with Gasteiger partial charge in [-0.2, -0.15) is 0 Å². The van der Waals surface area contributed by atoms with E-state index in [1.165, 1.54) is 33.4 Å². The number of carbonyl (C=O) groups is 1. The van der Waals surface area contributed by atoms with Crippen molar-refractivity contribution in [3.8, 4) is 0 Å². The number of amides is 1. The number of hydrogen-bond acceptors (Lipinski definition) is 1. The minimum Gasteiger partial charge on any atom is -0.321 e. The van der Waals surface area contributed by atoms with E-state index in [2.05, 4.69) is 39.9 Å². The lowest BCUT2D eigenvalue weighted by atomic mass is 9.88. The van der Waals surface area contributed by atoms with Crippen LogP contribution in [0.4, 0.5) is 5.69 Å². The molecule has 0 bridgehead atoms. The van der Waals surface area contributed by atoms with E-state index in [0.717, 1.165) is 16.8 Å². The fourth-order valence-electron chi connectivity index (χ4n) is 3.17. The van der Waals surface area contributed by atoms with Gasteiger partial charge in [-0.25, -0.2) is 0 Å². The molecule has 2 aromatic rings. The lowest BCUT2D eigenvalue weighted by molar-refractivity contribution is -0.110. The first-order valence-corrected chi connectivity index (χ1v) is 7.61. The largest absolute Gasteiger partial charge is 0.321 e. The van der Waals surface area contributed by atoms with E-state index >= 15 is 0 Å². The van der Waals surface area contributed by atoms with Crippen LogP contribution in [-0.4, -0.2) is 5.91 Å². The van der Waals surface area contributed by atoms with E-state index in [9.17, 15) is 4.79 Å². The first kappa shape index (κ1) is 14.6. The Hall–Kier alpha value is -2.35. The van der Waals surface area contributed by atoms with Crippen molar-refractivity contribution in [3.05, 3.63) is 63.2 Å². The van der Waals surface area contributed by atoms with E-state index in [1.807, 2.05) is 30.3 Å². The maximum atomic E-state index is 12.3. The van der Waals surface area contributed by atoms with Gasteiger partial charge >= 0.3 is 0 Å². The van der Waals surface area contributed by atoms with Crippen molar-refractivity contribution in [1.82, 2.24) is 0 Å². The van der Waals surface area contributed by atoms with Crippen molar-refractivity contribution in [2.45, 2.75) is 34.6 Å². The Kier molecular flexibility index (Phi) is 3.40. The second kappa shape index (κ2) is 5.13. The van der Waals surface area contributed by atoms with Crippen LogP contribution in [0.2, 0.25) is 0 Å². The molecule has 0 aromatic heterocycles. The van der Waals surface area contributed by atoms with Gasteiger partial charge in [0.15, 0.2) is 0 Å². The highest BCUT2D eigenvalue weighted by Crippen LogP contribution is 2.35. The van der Waals surface area contributed by atoms with Gasteiger partial charge in [0.05, 0.1) is 0 Å². The number of anilines is 1. The monoisotopic (exact) mass is 291 g/mol. The molecule has 1 aliphatic rings. The van der Waals surface area contributed by atoms with Gasteiger partial charge in [-0.3, -0.25) is 4.79 Å². The molecular weight excluding hydrogens is 270 g/mol. The van der Waals surface area contributed by atoms with Crippen LogP contribution in [0.15, 0.2) is 24.3 Å². The second-order valence-electron chi connectivity index (χ2n) is 6.10. The van der Waals surface area contributed by atoms with Crippen molar-refractivity contribution in [2.24, 2.45) is 0 Å². The van der Waals surface area contributed by atoms with Crippen LogP contribution >= 0.6 is 0 Å². The summed E-state index contributed by atoms with van der Waals surface area (Å²) in [6.07, 6.45) is 2.05. The van der Waals surface area contributed by atoms with Crippen LogP contribution in [0.5, 0.6) is 0 Å². The number of benzene rings is 2. The molecule has 1 N–H and O–H groups in total. The molecule has 0 saturated carbocycles. The highest BCUT2D eigenvalue weighted by atomic mass is 16.2. The van der Waals surface area contributed by atoms with E-state index in [-0.39, 0.29) is 5.91 Å². The lowest BCUT2D eigenvalue weighted by Crippen LogP contribution is -2.05. The predicted molar refractivity (Wildman–Crippen MR) is 93.1 cm³/mol. The number of carbonyl (C=O) groups excluding carboxylic acids is 1. The molecular formula is C20H21NO. The summed E-state index contributed by atoms with van der Waals surface area (Å²) in [7, 11) is 0. The Balaban J connectivity index is 2.25. The van der Waals surface area contributed by atoms with Gasteiger partial charge in [0, 0.05) is 16.8 Å². The summed E-state index contributed by atoms with van der Waals surface area (Å²) in [6, 6.07) is 7.86. The standard InChI is InChI=1S/C20H21NO/c1-11-12(2)14(4)17(15(5)13(11)3)10-18-16-8-6-7-9-19(16)21-20(18)22/h6-10H,1-5H3,(H,21,22). The van der Waals surface area contributed by atoms with Crippen LogP contribution in [0.25, 0.3) is 11.6 Å². The minimum atomic E-state index is -0.0177. The zero-order valence-electron chi connectivity index (χ0n) is 13.8. The van der Waals surface area contributed by atoms with Crippen molar-refractivity contribution in [2.75, 3.05) is 5.32 Å². The molecule has 22 heavy (non-hydrogen) atoms. The summed E-state index contributed by atoms with van der Waals surface area (Å²) < 4.78 is 0. The molecule has 1 amide bonds. The number of para-hydroxylation sites is 1. The summed E-state index contributed by atoms with van der Waals surface area (Å²) in [6.45, 7) is 10.8. The Morgan fingerprint density at radius 1 is 0.818 bits per heavy atom. The third-order valence-corrected chi connectivity index (χ3v) is 5.06. The van der Waals surface area contributed by atoms with Gasteiger partial charge in [0.2, 0.25) is 0 Å². The summed E-state index contributed by atoms with van der Waals surface area (Å²) in [5.41, 5.74) is 10.3. The number of rotatable bonds is 1. The molecule has 1 aliphatic heterocycles. The van der Waals surface area contributed by atoms with E-state index in [4.69, 9.17) is 0 Å². The Labute approximate surface area is 131 Å². The molecule has 0 spiro atoms. The van der Waals surface area contributed by atoms with Crippen LogP contribution in [-0.2, 0) is 4.79 Å². The first-order valence-electron chi connectivity index (χ1n) is 7.61. The molecule has 112 valence electrons. The summed E-state index contributed by atoms with van der Waals surface area (Å²) >= 11 is 0. The first-order chi connectivity index (χ1) is 10.4. The molecule has 3 rings (SSSR count). The van der Waals surface area contributed by atoms with Gasteiger partial charge < -0.3 is 5.32 Å². The number of fused-ring (bicyclic) bond motifs is 1. The molecule has 2 heteroatoms. The van der Waals surface area contributed by atoms with E-state index in [0.29, 0.717) is 0 Å². The molecule has 0 radical (unpaired) electrons. The minimum absolute atomic E-state index is 0.0177. The van der Waals surface area contributed by atoms with E-state index < -0.39 is 0 Å². The van der Waals surface area contributed by atoms with E-state index in [1.54, 1.807) is 0 Å². The number of nitrogens with one attached hydrogen (secondary N) is 1.